The van der Waals surface area contributed by atoms with Crippen molar-refractivity contribution in [1.82, 2.24) is 30.2 Å². The van der Waals surface area contributed by atoms with E-state index in [1.54, 1.807) is 30.6 Å². The van der Waals surface area contributed by atoms with Crippen LogP contribution < -0.4 is 16.0 Å². The van der Waals surface area contributed by atoms with E-state index in [1.165, 1.54) is 15.6 Å². The van der Waals surface area contributed by atoms with Crippen molar-refractivity contribution >= 4 is 43.4 Å². The number of aliphatic hydroxyl groups is 1. The molecule has 2 aromatic heterocycles. The molecule has 0 radical (unpaired) electrons. The van der Waals surface area contributed by atoms with Gasteiger partial charge in [0.05, 0.1) is 38.8 Å². The van der Waals surface area contributed by atoms with Crippen LogP contribution in [0.2, 0.25) is 0 Å². The van der Waals surface area contributed by atoms with E-state index in [9.17, 15) is 23.1 Å². The number of sulfonamides is 1. The molecule has 2 heterocycles. The Hall–Kier alpha value is -3.75. The minimum absolute atomic E-state index is 0.0136. The normalized spacial score (nSPS) is 16.2. The average Bonchev–Trinajstić information content (AvgIpc) is 3.78. The zero-order chi connectivity index (χ0) is 37.0. The van der Waals surface area contributed by atoms with Crippen LogP contribution in [0.15, 0.2) is 78.0 Å². The molecule has 11 nitrogen and oxygen atoms in total. The van der Waals surface area contributed by atoms with Crippen LogP contribution in [0.5, 0.6) is 0 Å². The maximum Gasteiger partial charge on any atom is 0.243 e. The fourth-order valence-electron chi connectivity index (χ4n) is 6.24. The number of rotatable bonds is 16. The highest BCUT2D eigenvalue weighted by Gasteiger charge is 2.45. The molecule has 0 bridgehead atoms. The molecule has 1 saturated carbocycles. The summed E-state index contributed by atoms with van der Waals surface area (Å²) in [6, 6.07) is 16.4. The Balaban J connectivity index is 1.34. The van der Waals surface area contributed by atoms with Crippen LogP contribution in [0.25, 0.3) is 10.2 Å². The number of fused-ring (bicyclic) bond motifs is 1. The van der Waals surface area contributed by atoms with Crippen LogP contribution >= 0.6 is 11.3 Å². The number of hydrogen-bond acceptors (Lipinski definition) is 9. The summed E-state index contributed by atoms with van der Waals surface area (Å²) in [5.74, 6) is -0.832. The lowest BCUT2D eigenvalue weighted by atomic mass is 9.85. The molecule has 3 atom stereocenters. The molecule has 0 aliphatic heterocycles. The number of aryl methyl sites for hydroxylation is 1. The van der Waals surface area contributed by atoms with Crippen molar-refractivity contribution in [3.05, 3.63) is 89.2 Å². The van der Waals surface area contributed by atoms with Gasteiger partial charge >= 0.3 is 0 Å². The molecule has 13 heteroatoms. The van der Waals surface area contributed by atoms with Crippen molar-refractivity contribution < 1.29 is 23.1 Å². The molecule has 4 aromatic rings. The molecule has 2 aromatic carbocycles. The summed E-state index contributed by atoms with van der Waals surface area (Å²) in [5.41, 5.74) is 1.63. The van der Waals surface area contributed by atoms with Crippen LogP contribution in [0, 0.1) is 18.3 Å². The van der Waals surface area contributed by atoms with E-state index in [1.807, 2.05) is 84.0 Å². The minimum atomic E-state index is -4.03. The number of pyridine rings is 1. The number of nitrogens with one attached hydrogen (secondary N) is 3. The number of aliphatic hydroxyl groups excluding tert-OH is 1. The van der Waals surface area contributed by atoms with Gasteiger partial charge in [-0.05, 0) is 72.9 Å². The third-order valence-corrected chi connectivity index (χ3v) is 11.9. The van der Waals surface area contributed by atoms with Gasteiger partial charge in [0.15, 0.2) is 0 Å². The Morgan fingerprint density at radius 1 is 1.02 bits per heavy atom. The Morgan fingerprint density at radius 3 is 2.37 bits per heavy atom. The molecule has 0 saturated heterocycles. The first-order valence-electron chi connectivity index (χ1n) is 17.4. The molecule has 5 rings (SSSR count). The number of benzene rings is 2. The fraction of sp³-hybridized carbons (Fsp3) is 0.474. The zero-order valence-corrected chi connectivity index (χ0v) is 31.9. The van der Waals surface area contributed by atoms with Crippen LogP contribution in [0.1, 0.15) is 63.6 Å². The van der Waals surface area contributed by atoms with Crippen LogP contribution in [-0.4, -0.2) is 77.4 Å². The number of thiazole rings is 1. The molecule has 2 amide bonds. The van der Waals surface area contributed by atoms with Gasteiger partial charge in [0.25, 0.3) is 0 Å². The van der Waals surface area contributed by atoms with E-state index in [2.05, 4.69) is 25.9 Å². The highest BCUT2D eigenvalue weighted by Crippen LogP contribution is 2.45. The SMILES string of the molecule is Cc1nc2ccc(S(=O)(=O)N(CC(C)C)C[C@@H](O)[C@H](Cc3ccccc3)NC(=O)[C@@H](NC(=O)CNC3(c4cccnc4)CC3)C(C)(C)C)cc2s1. The number of nitrogens with zero attached hydrogens (tertiary/aromatic N) is 3. The summed E-state index contributed by atoms with van der Waals surface area (Å²) >= 11 is 1.42. The Morgan fingerprint density at radius 2 is 1.75 bits per heavy atom. The maximum absolute atomic E-state index is 14.1. The Bertz CT molecular complexity index is 1910. The number of carbonyl (C=O) groups excluding carboxylic acids is 2. The van der Waals surface area contributed by atoms with Gasteiger partial charge in [-0.1, -0.05) is 71.0 Å². The van der Waals surface area contributed by atoms with E-state index in [-0.39, 0.29) is 48.3 Å². The third-order valence-electron chi connectivity index (χ3n) is 9.14. The lowest BCUT2D eigenvalue weighted by Gasteiger charge is -2.34. The molecular formula is C38H50N6O5S2. The quantitative estimate of drug-likeness (QED) is 0.131. The number of carbonyl (C=O) groups is 2. The monoisotopic (exact) mass is 734 g/mol. The van der Waals surface area contributed by atoms with Crippen LogP contribution in [0.3, 0.4) is 0 Å². The van der Waals surface area contributed by atoms with E-state index in [0.29, 0.717) is 0 Å². The highest BCUT2D eigenvalue weighted by atomic mass is 32.2. The molecule has 1 aliphatic carbocycles. The topological polar surface area (TPSA) is 154 Å². The average molecular weight is 735 g/mol. The first-order chi connectivity index (χ1) is 24.1. The van der Waals surface area contributed by atoms with Crippen molar-refractivity contribution in [2.75, 3.05) is 19.6 Å². The largest absolute Gasteiger partial charge is 0.390 e. The predicted molar refractivity (Wildman–Crippen MR) is 201 cm³/mol. The minimum Gasteiger partial charge on any atom is -0.390 e. The fourth-order valence-corrected chi connectivity index (χ4v) is 8.83. The van der Waals surface area contributed by atoms with Crippen LogP contribution in [-0.2, 0) is 31.6 Å². The molecular weight excluding hydrogens is 685 g/mol. The molecule has 4 N–H and O–H groups in total. The second-order valence-electron chi connectivity index (χ2n) is 15.0. The second-order valence-corrected chi connectivity index (χ2v) is 18.2. The zero-order valence-electron chi connectivity index (χ0n) is 30.2. The van der Waals surface area contributed by atoms with Gasteiger partial charge in [-0.3, -0.25) is 19.9 Å². The first-order valence-corrected chi connectivity index (χ1v) is 19.7. The summed E-state index contributed by atoms with van der Waals surface area (Å²) in [7, 11) is -4.03. The van der Waals surface area contributed by atoms with Crippen molar-refractivity contribution in [1.29, 1.82) is 0 Å². The Kier molecular flexibility index (Phi) is 12.0. The van der Waals surface area contributed by atoms with Gasteiger partial charge in [0, 0.05) is 31.0 Å². The standard InChI is InChI=1S/C38H50N6O5S2/c1-25(2)23-44(51(48,49)29-14-15-30-33(20-29)50-26(3)41-30)24-32(45)31(19-27-11-8-7-9-12-27)42-36(47)35(37(4,5)6)43-34(46)22-40-38(16-17-38)28-13-10-18-39-21-28/h7-15,18,20-21,25,31-32,35,40,45H,16-17,19,22-24H2,1-6H3,(H,42,47)(H,43,46)/t31-,32+,35+/m0/s1. The van der Waals surface area contributed by atoms with Gasteiger partial charge in [0.2, 0.25) is 21.8 Å². The van der Waals surface area contributed by atoms with Gasteiger partial charge in [-0.2, -0.15) is 4.31 Å². The number of amides is 2. The molecule has 51 heavy (non-hydrogen) atoms. The summed E-state index contributed by atoms with van der Waals surface area (Å²) in [5, 5.41) is 21.9. The Labute approximate surface area is 305 Å². The van der Waals surface area contributed by atoms with Crippen molar-refractivity contribution in [2.24, 2.45) is 11.3 Å². The van der Waals surface area contributed by atoms with Gasteiger partial charge in [-0.15, -0.1) is 11.3 Å². The van der Waals surface area contributed by atoms with Crippen LogP contribution in [0.4, 0.5) is 0 Å². The van der Waals surface area contributed by atoms with E-state index in [4.69, 9.17) is 0 Å². The summed E-state index contributed by atoms with van der Waals surface area (Å²) in [6.45, 7) is 11.2. The lowest BCUT2D eigenvalue weighted by Crippen LogP contribution is -2.59. The third kappa shape index (κ3) is 9.78. The summed E-state index contributed by atoms with van der Waals surface area (Å²) in [4.78, 5) is 36.2. The summed E-state index contributed by atoms with van der Waals surface area (Å²) < 4.78 is 30.3. The highest BCUT2D eigenvalue weighted by molar-refractivity contribution is 7.89. The first kappa shape index (κ1) is 38.5. The molecule has 1 fully saturated rings. The maximum atomic E-state index is 14.1. The van der Waals surface area contributed by atoms with E-state index < -0.39 is 39.5 Å². The lowest BCUT2D eigenvalue weighted by molar-refractivity contribution is -0.132. The van der Waals surface area contributed by atoms with Gasteiger partial charge < -0.3 is 15.7 Å². The number of aromatic nitrogens is 2. The molecule has 0 spiro atoms. The number of hydrogen-bond donors (Lipinski definition) is 4. The molecule has 1 aliphatic rings. The van der Waals surface area contributed by atoms with Crippen molar-refractivity contribution in [2.45, 2.75) is 89.4 Å². The second kappa shape index (κ2) is 15.9. The van der Waals surface area contributed by atoms with Gasteiger partial charge in [-0.25, -0.2) is 13.4 Å². The van der Waals surface area contributed by atoms with E-state index >= 15 is 0 Å². The summed E-state index contributed by atoms with van der Waals surface area (Å²) in [6.07, 6.45) is 4.26. The molecule has 0 unspecified atom stereocenters. The van der Waals surface area contributed by atoms with Gasteiger partial charge in [0.1, 0.15) is 6.04 Å². The van der Waals surface area contributed by atoms with Crippen molar-refractivity contribution in [3.63, 3.8) is 0 Å². The predicted octanol–water partition coefficient (Wildman–Crippen LogP) is 4.54. The van der Waals surface area contributed by atoms with Crippen molar-refractivity contribution in [3.8, 4) is 0 Å². The molecule has 274 valence electrons. The smallest absolute Gasteiger partial charge is 0.243 e. The van der Waals surface area contributed by atoms with E-state index in [0.717, 1.165) is 39.2 Å².